The quantitative estimate of drug-likeness (QED) is 0.109. The van der Waals surface area contributed by atoms with Gasteiger partial charge < -0.3 is 35.9 Å². The van der Waals surface area contributed by atoms with Gasteiger partial charge in [-0.15, -0.1) is 13.2 Å². The van der Waals surface area contributed by atoms with Crippen molar-refractivity contribution >= 4 is 17.0 Å². The number of quaternary nitrogens is 1. The first-order valence-electron chi connectivity index (χ1n) is 15.0. The van der Waals surface area contributed by atoms with E-state index in [1.807, 2.05) is 30.4 Å². The molecule has 8 heteroatoms. The maximum absolute atomic E-state index is 14.6. The Labute approximate surface area is 271 Å². The van der Waals surface area contributed by atoms with Gasteiger partial charge in [-0.25, -0.2) is 9.37 Å². The molecule has 0 aliphatic carbocycles. The third-order valence-corrected chi connectivity index (χ3v) is 7.36. The second-order valence-electron chi connectivity index (χ2n) is 11.5. The molecule has 0 fully saturated rings. The van der Waals surface area contributed by atoms with Crippen molar-refractivity contribution in [2.45, 2.75) is 39.0 Å². The Bertz CT molecular complexity index is 1580. The van der Waals surface area contributed by atoms with E-state index in [0.29, 0.717) is 47.1 Å². The van der Waals surface area contributed by atoms with E-state index in [2.05, 4.69) is 56.6 Å². The van der Waals surface area contributed by atoms with E-state index < -0.39 is 0 Å². The van der Waals surface area contributed by atoms with E-state index in [-0.39, 0.29) is 34.6 Å². The highest BCUT2D eigenvalue weighted by Crippen LogP contribution is 2.36. The van der Waals surface area contributed by atoms with Crippen LogP contribution < -0.4 is 27.0 Å². The van der Waals surface area contributed by atoms with Crippen LogP contribution in [0, 0.1) is 5.82 Å². The van der Waals surface area contributed by atoms with Crippen molar-refractivity contribution < 1.29 is 39.8 Å². The molecule has 0 bridgehead atoms. The number of hydrogen-bond donors (Lipinski definition) is 1. The Morgan fingerprint density at radius 3 is 2.55 bits per heavy atom. The molecule has 0 aliphatic heterocycles. The Morgan fingerprint density at radius 1 is 1.05 bits per heavy atom. The van der Waals surface area contributed by atoms with Crippen LogP contribution >= 0.6 is 0 Å². The number of hydrogen-bond acceptors (Lipinski definition) is 4. The molecule has 0 unspecified atom stereocenters. The van der Waals surface area contributed by atoms with Crippen LogP contribution in [-0.2, 0) is 17.6 Å². The summed E-state index contributed by atoms with van der Waals surface area (Å²) < 4.78 is 27.6. The Hall–Kier alpha value is -3.75. The topological polar surface area (TPSA) is 64.4 Å². The summed E-state index contributed by atoms with van der Waals surface area (Å²) in [7, 11) is 4.14. The van der Waals surface area contributed by atoms with Crippen molar-refractivity contribution in [3.8, 4) is 28.3 Å². The van der Waals surface area contributed by atoms with Crippen molar-refractivity contribution in [2.24, 2.45) is 0 Å². The number of ether oxygens (including phenoxy) is 1. The summed E-state index contributed by atoms with van der Waals surface area (Å²) in [4.78, 5) is 16.9. The average molecular weight is 665 g/mol. The molecule has 1 aromatic heterocycles. The number of likely N-dealkylation sites (N-methyl/N-ethyl adjacent to an activating group) is 1. The van der Waals surface area contributed by atoms with Gasteiger partial charge in [-0.05, 0) is 72.4 Å². The molecule has 3 aromatic carbocycles. The van der Waals surface area contributed by atoms with E-state index in [1.165, 1.54) is 6.07 Å². The van der Waals surface area contributed by atoms with Crippen LogP contribution in [0.3, 0.4) is 0 Å². The minimum absolute atomic E-state index is 0. The molecule has 1 amide bonds. The third-order valence-electron chi connectivity index (χ3n) is 7.36. The van der Waals surface area contributed by atoms with E-state index in [0.717, 1.165) is 60.4 Å². The number of unbranched alkanes of at least 4 members (excludes halogenated alkanes) is 1. The van der Waals surface area contributed by atoms with Crippen LogP contribution in [0.1, 0.15) is 37.3 Å². The van der Waals surface area contributed by atoms with Gasteiger partial charge in [0.1, 0.15) is 17.1 Å². The number of amides is 1. The van der Waals surface area contributed by atoms with E-state index >= 15 is 0 Å². The molecule has 4 aromatic rings. The number of fused-ring (bicyclic) bond motifs is 1. The molecule has 1 N–H and O–H groups in total. The SMILES string of the molecule is C=CCc1cc(-c2ccc(OCCC[N+](C)(C)CC(=O)NCCCC)c(CC=C)c2)c2oc(-c3ccccc3F)nc2c1.[Br-]. The lowest BCUT2D eigenvalue weighted by Gasteiger charge is -2.29. The number of carbonyl (C=O) groups excluding carboxylic acids is 1. The number of benzene rings is 3. The molecule has 0 spiro atoms. The van der Waals surface area contributed by atoms with Crippen molar-refractivity contribution in [3.05, 3.63) is 96.9 Å². The number of carbonyl (C=O) groups is 1. The number of nitrogens with zero attached hydrogens (tertiary/aromatic N) is 2. The standard InChI is InChI=1S/C36H42FN3O3.BrH/c1-6-9-19-38-34(41)25-40(4,5)20-12-21-42-33-18-17-27(24-28(33)14-8-3)30-22-26(13-7-2)23-32-35(30)43-36(39-32)29-15-10-11-16-31(29)37;/h7-8,10-11,15-18,22-24H,2-3,6,9,12-14,19-21,25H2,1,4-5H3;1H. The second-order valence-corrected chi connectivity index (χ2v) is 11.5. The molecule has 44 heavy (non-hydrogen) atoms. The predicted octanol–water partition coefficient (Wildman–Crippen LogP) is 4.52. The molecular formula is C36H43BrFN3O3. The summed E-state index contributed by atoms with van der Waals surface area (Å²) >= 11 is 0. The number of rotatable bonds is 16. The lowest BCUT2D eigenvalue weighted by molar-refractivity contribution is -0.882. The molecule has 0 aliphatic rings. The van der Waals surface area contributed by atoms with E-state index in [4.69, 9.17) is 9.15 Å². The molecule has 6 nitrogen and oxygen atoms in total. The summed E-state index contributed by atoms with van der Waals surface area (Å²) in [5.41, 5.74) is 5.45. The molecule has 0 radical (unpaired) electrons. The zero-order valence-electron chi connectivity index (χ0n) is 26.0. The minimum atomic E-state index is -0.380. The summed E-state index contributed by atoms with van der Waals surface area (Å²) in [6.07, 6.45) is 7.88. The first-order chi connectivity index (χ1) is 20.7. The van der Waals surface area contributed by atoms with Gasteiger partial charge in [0.2, 0.25) is 5.89 Å². The molecule has 234 valence electrons. The van der Waals surface area contributed by atoms with E-state index in [1.54, 1.807) is 18.2 Å². The van der Waals surface area contributed by atoms with Crippen LogP contribution in [0.5, 0.6) is 5.75 Å². The second kappa shape index (κ2) is 16.4. The number of oxazole rings is 1. The molecule has 0 saturated heterocycles. The first-order valence-corrected chi connectivity index (χ1v) is 15.0. The summed E-state index contributed by atoms with van der Waals surface area (Å²) in [6.45, 7) is 12.5. The van der Waals surface area contributed by atoms with Crippen LogP contribution in [0.25, 0.3) is 33.7 Å². The van der Waals surface area contributed by atoms with Crippen LogP contribution in [0.2, 0.25) is 0 Å². The monoisotopic (exact) mass is 663 g/mol. The van der Waals surface area contributed by atoms with Gasteiger partial charge >= 0.3 is 0 Å². The van der Waals surface area contributed by atoms with Gasteiger partial charge in [0.05, 0.1) is 32.8 Å². The zero-order valence-corrected chi connectivity index (χ0v) is 27.6. The lowest BCUT2D eigenvalue weighted by Crippen LogP contribution is -3.00. The van der Waals surface area contributed by atoms with Crippen molar-refractivity contribution in [2.75, 3.05) is 40.3 Å². The summed E-state index contributed by atoms with van der Waals surface area (Å²) in [5.74, 6) is 0.752. The minimum Gasteiger partial charge on any atom is -1.00 e. The number of aromatic nitrogens is 1. The highest BCUT2D eigenvalue weighted by molar-refractivity contribution is 5.92. The van der Waals surface area contributed by atoms with Crippen molar-refractivity contribution in [1.29, 1.82) is 0 Å². The Morgan fingerprint density at radius 2 is 1.82 bits per heavy atom. The smallest absolute Gasteiger partial charge is 0.275 e. The van der Waals surface area contributed by atoms with Gasteiger partial charge in [-0.3, -0.25) is 4.79 Å². The van der Waals surface area contributed by atoms with E-state index in [9.17, 15) is 9.18 Å². The van der Waals surface area contributed by atoms with Crippen LogP contribution in [-0.4, -0.2) is 55.7 Å². The fourth-order valence-corrected chi connectivity index (χ4v) is 5.15. The van der Waals surface area contributed by atoms with Gasteiger partial charge in [0.25, 0.3) is 5.91 Å². The largest absolute Gasteiger partial charge is 1.00 e. The Balaban J connectivity index is 0.00000529. The number of halogens is 2. The molecule has 0 saturated carbocycles. The average Bonchev–Trinajstić information content (AvgIpc) is 3.40. The predicted molar refractivity (Wildman–Crippen MR) is 173 cm³/mol. The summed E-state index contributed by atoms with van der Waals surface area (Å²) in [6, 6.07) is 16.6. The fourth-order valence-electron chi connectivity index (χ4n) is 5.15. The fraction of sp³-hybridized carbons (Fsp3) is 0.333. The Kier molecular flexibility index (Phi) is 12.9. The van der Waals surface area contributed by atoms with Crippen molar-refractivity contribution in [1.82, 2.24) is 10.3 Å². The molecular weight excluding hydrogens is 621 g/mol. The molecule has 0 atom stereocenters. The maximum Gasteiger partial charge on any atom is 0.275 e. The summed E-state index contributed by atoms with van der Waals surface area (Å²) in [5, 5.41) is 3.00. The van der Waals surface area contributed by atoms with Gasteiger partial charge in [0.15, 0.2) is 12.1 Å². The van der Waals surface area contributed by atoms with Gasteiger partial charge in [-0.1, -0.05) is 43.7 Å². The van der Waals surface area contributed by atoms with Gasteiger partial charge in [0, 0.05) is 18.5 Å². The van der Waals surface area contributed by atoms with Crippen LogP contribution in [0.15, 0.2) is 84.3 Å². The number of nitrogens with one attached hydrogen (secondary N) is 1. The highest BCUT2D eigenvalue weighted by atomic mass is 79.9. The first kappa shape index (κ1) is 34.7. The highest BCUT2D eigenvalue weighted by Gasteiger charge is 2.20. The lowest BCUT2D eigenvalue weighted by atomic mass is 9.97. The zero-order chi connectivity index (χ0) is 30.8. The third kappa shape index (κ3) is 9.13. The maximum atomic E-state index is 14.6. The normalized spacial score (nSPS) is 11.2. The molecule has 1 heterocycles. The molecule has 4 rings (SSSR count). The van der Waals surface area contributed by atoms with Crippen LogP contribution in [0.4, 0.5) is 4.39 Å². The number of allylic oxidation sites excluding steroid dienone is 2. The van der Waals surface area contributed by atoms with Gasteiger partial charge in [-0.2, -0.15) is 0 Å². The van der Waals surface area contributed by atoms with Crippen molar-refractivity contribution in [3.63, 3.8) is 0 Å².